The van der Waals surface area contributed by atoms with Gasteiger partial charge in [0.05, 0.1) is 0 Å². The third-order valence-corrected chi connectivity index (χ3v) is 4.12. The van der Waals surface area contributed by atoms with Crippen molar-refractivity contribution >= 4 is 0 Å². The molecule has 0 saturated carbocycles. The van der Waals surface area contributed by atoms with E-state index in [9.17, 15) is 0 Å². The summed E-state index contributed by atoms with van der Waals surface area (Å²) >= 11 is 0. The number of likely N-dealkylation sites (tertiary alicyclic amines) is 1. The SMILES string of the molecule is CCCCc1ncc(CN2CC[C@@H](Oc3ccccc3)C2)[nH]1. The van der Waals surface area contributed by atoms with Crippen molar-refractivity contribution in [3.8, 4) is 5.75 Å². The van der Waals surface area contributed by atoms with Gasteiger partial charge in [-0.2, -0.15) is 0 Å². The summed E-state index contributed by atoms with van der Waals surface area (Å²) in [6.45, 7) is 5.22. The first-order chi connectivity index (χ1) is 10.8. The number of H-pyrrole nitrogens is 1. The van der Waals surface area contributed by atoms with Crippen LogP contribution in [-0.4, -0.2) is 34.1 Å². The lowest BCUT2D eigenvalue weighted by Gasteiger charge is -2.16. The molecule has 0 spiro atoms. The number of hydrogen-bond acceptors (Lipinski definition) is 3. The highest BCUT2D eigenvalue weighted by atomic mass is 16.5. The first-order valence-electron chi connectivity index (χ1n) is 8.30. The maximum atomic E-state index is 6.03. The number of para-hydroxylation sites is 1. The van der Waals surface area contributed by atoms with Crippen molar-refractivity contribution in [2.75, 3.05) is 13.1 Å². The van der Waals surface area contributed by atoms with Gasteiger partial charge in [0.25, 0.3) is 0 Å². The number of benzene rings is 1. The molecule has 0 radical (unpaired) electrons. The molecule has 1 N–H and O–H groups in total. The molecule has 0 bridgehead atoms. The van der Waals surface area contributed by atoms with Crippen molar-refractivity contribution in [1.82, 2.24) is 14.9 Å². The number of aromatic nitrogens is 2. The third-order valence-electron chi connectivity index (χ3n) is 4.12. The molecule has 3 rings (SSSR count). The number of unbranched alkanes of at least 4 members (excludes halogenated alkanes) is 1. The van der Waals surface area contributed by atoms with Crippen LogP contribution in [-0.2, 0) is 13.0 Å². The molecule has 1 aliphatic heterocycles. The smallest absolute Gasteiger partial charge is 0.119 e. The van der Waals surface area contributed by atoms with Gasteiger partial charge in [-0.3, -0.25) is 4.90 Å². The zero-order chi connectivity index (χ0) is 15.2. The monoisotopic (exact) mass is 299 g/mol. The van der Waals surface area contributed by atoms with E-state index < -0.39 is 0 Å². The maximum Gasteiger partial charge on any atom is 0.119 e. The lowest BCUT2D eigenvalue weighted by Crippen LogP contribution is -2.24. The van der Waals surface area contributed by atoms with Crippen LogP contribution in [0.2, 0.25) is 0 Å². The average Bonchev–Trinajstić information content (AvgIpc) is 3.16. The summed E-state index contributed by atoms with van der Waals surface area (Å²) in [5, 5.41) is 0. The van der Waals surface area contributed by atoms with Gasteiger partial charge >= 0.3 is 0 Å². The van der Waals surface area contributed by atoms with Crippen LogP contribution >= 0.6 is 0 Å². The fourth-order valence-corrected chi connectivity index (χ4v) is 2.93. The van der Waals surface area contributed by atoms with Gasteiger partial charge in [0.15, 0.2) is 0 Å². The molecule has 1 atom stereocenters. The predicted molar refractivity (Wildman–Crippen MR) is 88.0 cm³/mol. The molecule has 0 amide bonds. The minimum atomic E-state index is 0.296. The van der Waals surface area contributed by atoms with Crippen molar-refractivity contribution in [3.63, 3.8) is 0 Å². The minimum Gasteiger partial charge on any atom is -0.489 e. The Morgan fingerprint density at radius 1 is 1.32 bits per heavy atom. The summed E-state index contributed by atoms with van der Waals surface area (Å²) < 4.78 is 6.03. The van der Waals surface area contributed by atoms with Gasteiger partial charge in [-0.25, -0.2) is 4.98 Å². The molecule has 2 heterocycles. The first-order valence-corrected chi connectivity index (χ1v) is 8.30. The predicted octanol–water partition coefficient (Wildman–Crippen LogP) is 3.41. The Labute approximate surface area is 132 Å². The lowest BCUT2D eigenvalue weighted by molar-refractivity contribution is 0.198. The highest BCUT2D eigenvalue weighted by Crippen LogP contribution is 2.19. The van der Waals surface area contributed by atoms with Crippen LogP contribution in [0.5, 0.6) is 5.75 Å². The molecule has 0 unspecified atom stereocenters. The number of nitrogens with one attached hydrogen (secondary N) is 1. The number of rotatable bonds is 7. The third kappa shape index (κ3) is 4.10. The zero-order valence-electron chi connectivity index (χ0n) is 13.3. The Hall–Kier alpha value is -1.81. The molecular formula is C18H25N3O. The summed E-state index contributed by atoms with van der Waals surface area (Å²) in [5.41, 5.74) is 1.21. The minimum absolute atomic E-state index is 0.296. The average molecular weight is 299 g/mol. The van der Waals surface area contributed by atoms with E-state index in [4.69, 9.17) is 4.74 Å². The number of hydrogen-bond donors (Lipinski definition) is 1. The maximum absolute atomic E-state index is 6.03. The second-order valence-electron chi connectivity index (χ2n) is 6.04. The highest BCUT2D eigenvalue weighted by Gasteiger charge is 2.24. The van der Waals surface area contributed by atoms with E-state index in [0.717, 1.165) is 44.0 Å². The van der Waals surface area contributed by atoms with Crippen LogP contribution in [0.15, 0.2) is 36.5 Å². The number of imidazole rings is 1. The summed E-state index contributed by atoms with van der Waals surface area (Å²) in [4.78, 5) is 10.4. The molecule has 1 aromatic carbocycles. The molecule has 118 valence electrons. The molecular weight excluding hydrogens is 274 g/mol. The molecule has 22 heavy (non-hydrogen) atoms. The number of aryl methyl sites for hydroxylation is 1. The second-order valence-corrected chi connectivity index (χ2v) is 6.04. The van der Waals surface area contributed by atoms with Crippen LogP contribution < -0.4 is 4.74 Å². The summed E-state index contributed by atoms with van der Waals surface area (Å²) in [7, 11) is 0. The molecule has 1 aliphatic rings. The van der Waals surface area contributed by atoms with Crippen LogP contribution in [0.25, 0.3) is 0 Å². The fourth-order valence-electron chi connectivity index (χ4n) is 2.93. The Morgan fingerprint density at radius 2 is 2.18 bits per heavy atom. The Bertz CT molecular complexity index is 567. The van der Waals surface area contributed by atoms with Crippen LogP contribution in [0.4, 0.5) is 0 Å². The molecule has 4 nitrogen and oxygen atoms in total. The Morgan fingerprint density at radius 3 is 3.00 bits per heavy atom. The topological polar surface area (TPSA) is 41.2 Å². The standard InChI is InChI=1S/C18H25N3O/c1-2-3-9-18-19-12-15(20-18)13-21-11-10-17(14-21)22-16-7-5-4-6-8-16/h4-8,12,17H,2-3,9-11,13-14H2,1H3,(H,19,20)/t17-/m1/s1. The van der Waals surface area contributed by atoms with Crippen LogP contribution in [0.1, 0.15) is 37.7 Å². The van der Waals surface area contributed by atoms with Gasteiger partial charge in [0.1, 0.15) is 17.7 Å². The first kappa shape index (κ1) is 15.1. The van der Waals surface area contributed by atoms with Gasteiger partial charge in [0.2, 0.25) is 0 Å². The molecule has 0 aliphatic carbocycles. The number of nitrogens with zero attached hydrogens (tertiary/aromatic N) is 2. The van der Waals surface area contributed by atoms with Crippen LogP contribution in [0, 0.1) is 0 Å². The Kier molecular flexibility index (Phi) is 5.11. The number of ether oxygens (including phenoxy) is 1. The fraction of sp³-hybridized carbons (Fsp3) is 0.500. The number of aromatic amines is 1. The largest absolute Gasteiger partial charge is 0.489 e. The van der Waals surface area contributed by atoms with E-state index >= 15 is 0 Å². The van der Waals surface area contributed by atoms with Crippen molar-refractivity contribution < 1.29 is 4.74 Å². The van der Waals surface area contributed by atoms with Crippen molar-refractivity contribution in [3.05, 3.63) is 48.0 Å². The van der Waals surface area contributed by atoms with Gasteiger partial charge < -0.3 is 9.72 Å². The molecule has 2 aromatic rings. The van der Waals surface area contributed by atoms with Gasteiger partial charge in [0, 0.05) is 37.9 Å². The molecule has 1 fully saturated rings. The van der Waals surface area contributed by atoms with E-state index in [-0.39, 0.29) is 0 Å². The molecule has 1 aromatic heterocycles. The van der Waals surface area contributed by atoms with Crippen molar-refractivity contribution in [1.29, 1.82) is 0 Å². The summed E-state index contributed by atoms with van der Waals surface area (Å²) in [6, 6.07) is 10.1. The van der Waals surface area contributed by atoms with E-state index in [0.29, 0.717) is 6.10 Å². The zero-order valence-corrected chi connectivity index (χ0v) is 13.3. The normalized spacial score (nSPS) is 18.7. The lowest BCUT2D eigenvalue weighted by atomic mass is 10.2. The van der Waals surface area contributed by atoms with E-state index in [1.807, 2.05) is 36.5 Å². The van der Waals surface area contributed by atoms with Crippen molar-refractivity contribution in [2.45, 2.75) is 45.3 Å². The van der Waals surface area contributed by atoms with E-state index in [2.05, 4.69) is 21.8 Å². The molecule has 4 heteroatoms. The second kappa shape index (κ2) is 7.45. The molecule has 1 saturated heterocycles. The van der Waals surface area contributed by atoms with Gasteiger partial charge in [-0.1, -0.05) is 31.5 Å². The van der Waals surface area contributed by atoms with E-state index in [1.54, 1.807) is 0 Å². The summed E-state index contributed by atoms with van der Waals surface area (Å²) in [5.74, 6) is 2.09. The summed E-state index contributed by atoms with van der Waals surface area (Å²) in [6.07, 6.45) is 6.83. The Balaban J connectivity index is 1.47. The van der Waals surface area contributed by atoms with E-state index in [1.165, 1.54) is 18.5 Å². The van der Waals surface area contributed by atoms with Crippen LogP contribution in [0.3, 0.4) is 0 Å². The van der Waals surface area contributed by atoms with Gasteiger partial charge in [-0.15, -0.1) is 0 Å². The van der Waals surface area contributed by atoms with Gasteiger partial charge in [-0.05, 0) is 25.0 Å². The quantitative estimate of drug-likeness (QED) is 0.852. The van der Waals surface area contributed by atoms with Crippen molar-refractivity contribution in [2.24, 2.45) is 0 Å². The highest BCUT2D eigenvalue weighted by molar-refractivity contribution is 5.21.